The maximum atomic E-state index is 6.23. The quantitative estimate of drug-likeness (QED) is 0.855. The molecule has 3 atom stereocenters. The Balaban J connectivity index is 2.04. The molecule has 0 bridgehead atoms. The SMILES string of the molecule is CCCNc1nccc(OC2CC(C)CCC2C(C)C)n1. The van der Waals surface area contributed by atoms with Crippen molar-refractivity contribution in [1.29, 1.82) is 0 Å². The van der Waals surface area contributed by atoms with Gasteiger partial charge in [0, 0.05) is 18.8 Å². The fraction of sp³-hybridized carbons (Fsp3) is 0.765. The second-order valence-electron chi connectivity index (χ2n) is 6.63. The first-order valence-corrected chi connectivity index (χ1v) is 8.33. The predicted molar refractivity (Wildman–Crippen MR) is 86.6 cm³/mol. The number of nitrogens with zero attached hydrogens (tertiary/aromatic N) is 2. The Morgan fingerprint density at radius 2 is 2.19 bits per heavy atom. The van der Waals surface area contributed by atoms with Gasteiger partial charge in [0.15, 0.2) is 0 Å². The first-order chi connectivity index (χ1) is 10.1. The Kier molecular flexibility index (Phi) is 5.83. The number of rotatable bonds is 6. The first-order valence-electron chi connectivity index (χ1n) is 8.33. The molecule has 1 aromatic rings. The molecule has 1 aromatic heterocycles. The molecule has 1 N–H and O–H groups in total. The molecule has 0 amide bonds. The van der Waals surface area contributed by atoms with Crippen LogP contribution in [-0.4, -0.2) is 22.6 Å². The van der Waals surface area contributed by atoms with Crippen LogP contribution in [0.25, 0.3) is 0 Å². The monoisotopic (exact) mass is 291 g/mol. The third-order valence-corrected chi connectivity index (χ3v) is 4.40. The summed E-state index contributed by atoms with van der Waals surface area (Å²) in [6.07, 6.45) is 6.82. The van der Waals surface area contributed by atoms with Crippen LogP contribution >= 0.6 is 0 Å². The summed E-state index contributed by atoms with van der Waals surface area (Å²) in [5.74, 6) is 3.39. The third-order valence-electron chi connectivity index (χ3n) is 4.40. The molecule has 0 radical (unpaired) electrons. The van der Waals surface area contributed by atoms with Crippen molar-refractivity contribution in [3.05, 3.63) is 12.3 Å². The van der Waals surface area contributed by atoms with Crippen LogP contribution in [0.1, 0.15) is 53.4 Å². The summed E-state index contributed by atoms with van der Waals surface area (Å²) in [6.45, 7) is 9.93. The van der Waals surface area contributed by atoms with Gasteiger partial charge < -0.3 is 10.1 Å². The fourth-order valence-corrected chi connectivity index (χ4v) is 3.14. The molecule has 0 saturated heterocycles. The Hall–Kier alpha value is -1.32. The lowest BCUT2D eigenvalue weighted by Crippen LogP contribution is -2.36. The van der Waals surface area contributed by atoms with Crippen LogP contribution in [0.3, 0.4) is 0 Å². The van der Waals surface area contributed by atoms with E-state index < -0.39 is 0 Å². The Labute approximate surface area is 128 Å². The van der Waals surface area contributed by atoms with Gasteiger partial charge in [-0.2, -0.15) is 4.98 Å². The molecule has 118 valence electrons. The van der Waals surface area contributed by atoms with Gasteiger partial charge in [-0.05, 0) is 37.0 Å². The van der Waals surface area contributed by atoms with E-state index in [1.54, 1.807) is 6.20 Å². The second kappa shape index (κ2) is 7.62. The highest BCUT2D eigenvalue weighted by atomic mass is 16.5. The highest BCUT2D eigenvalue weighted by molar-refractivity contribution is 5.27. The standard InChI is InChI=1S/C17H29N3O/c1-5-9-18-17-19-10-8-16(20-17)21-15-11-13(4)6-7-14(15)12(2)3/h8,10,12-15H,5-7,9,11H2,1-4H3,(H,18,19,20). The zero-order valence-electron chi connectivity index (χ0n) is 13.8. The second-order valence-corrected chi connectivity index (χ2v) is 6.63. The van der Waals surface area contributed by atoms with Crippen molar-refractivity contribution < 1.29 is 4.74 Å². The topological polar surface area (TPSA) is 47.0 Å². The van der Waals surface area contributed by atoms with Crippen LogP contribution in [0.15, 0.2) is 12.3 Å². The number of hydrogen-bond donors (Lipinski definition) is 1. The van der Waals surface area contributed by atoms with Crippen LogP contribution in [0.5, 0.6) is 5.88 Å². The van der Waals surface area contributed by atoms with Gasteiger partial charge in [-0.15, -0.1) is 0 Å². The number of ether oxygens (including phenoxy) is 1. The van der Waals surface area contributed by atoms with Crippen molar-refractivity contribution in [2.24, 2.45) is 17.8 Å². The number of hydrogen-bond acceptors (Lipinski definition) is 4. The van der Waals surface area contributed by atoms with Gasteiger partial charge in [0.25, 0.3) is 0 Å². The molecular weight excluding hydrogens is 262 g/mol. The van der Waals surface area contributed by atoms with Gasteiger partial charge in [0.2, 0.25) is 11.8 Å². The van der Waals surface area contributed by atoms with Gasteiger partial charge in [-0.3, -0.25) is 0 Å². The van der Waals surface area contributed by atoms with E-state index >= 15 is 0 Å². The summed E-state index contributed by atoms with van der Waals surface area (Å²) in [5.41, 5.74) is 0. The van der Waals surface area contributed by atoms with Crippen LogP contribution in [0.2, 0.25) is 0 Å². The average molecular weight is 291 g/mol. The van der Waals surface area contributed by atoms with Crippen LogP contribution in [0.4, 0.5) is 5.95 Å². The lowest BCUT2D eigenvalue weighted by atomic mass is 9.75. The minimum absolute atomic E-state index is 0.280. The third kappa shape index (κ3) is 4.58. The average Bonchev–Trinajstić information content (AvgIpc) is 2.45. The van der Waals surface area contributed by atoms with E-state index in [0.29, 0.717) is 23.7 Å². The molecule has 0 spiro atoms. The molecule has 21 heavy (non-hydrogen) atoms. The number of aromatic nitrogens is 2. The van der Waals surface area contributed by atoms with Gasteiger partial charge >= 0.3 is 0 Å². The summed E-state index contributed by atoms with van der Waals surface area (Å²) >= 11 is 0. The zero-order valence-corrected chi connectivity index (χ0v) is 13.8. The smallest absolute Gasteiger partial charge is 0.225 e. The molecule has 4 nitrogen and oxygen atoms in total. The molecule has 1 heterocycles. The van der Waals surface area contributed by atoms with E-state index in [1.807, 2.05) is 6.07 Å². The normalized spacial score (nSPS) is 25.9. The summed E-state index contributed by atoms with van der Waals surface area (Å²) < 4.78 is 6.23. The number of nitrogens with one attached hydrogen (secondary N) is 1. The van der Waals surface area contributed by atoms with E-state index in [0.717, 1.165) is 25.3 Å². The van der Waals surface area contributed by atoms with Gasteiger partial charge in [0.05, 0.1) is 0 Å². The summed E-state index contributed by atoms with van der Waals surface area (Å²) in [6, 6.07) is 1.87. The maximum Gasteiger partial charge on any atom is 0.225 e. The predicted octanol–water partition coefficient (Wildman–Crippen LogP) is 4.14. The Morgan fingerprint density at radius 3 is 2.90 bits per heavy atom. The molecule has 1 aliphatic rings. The summed E-state index contributed by atoms with van der Waals surface area (Å²) in [7, 11) is 0. The molecule has 0 aromatic carbocycles. The summed E-state index contributed by atoms with van der Waals surface area (Å²) in [5, 5.41) is 3.21. The van der Waals surface area contributed by atoms with Crippen molar-refractivity contribution in [3.63, 3.8) is 0 Å². The minimum Gasteiger partial charge on any atom is -0.474 e. The first kappa shape index (κ1) is 16.1. The highest BCUT2D eigenvalue weighted by Gasteiger charge is 2.32. The molecule has 1 fully saturated rings. The highest BCUT2D eigenvalue weighted by Crippen LogP contribution is 2.35. The molecule has 1 aliphatic carbocycles. The molecule has 2 rings (SSSR count). The van der Waals surface area contributed by atoms with Crippen molar-refractivity contribution in [3.8, 4) is 5.88 Å². The van der Waals surface area contributed by atoms with Crippen LogP contribution < -0.4 is 10.1 Å². The molecule has 0 aliphatic heterocycles. The van der Waals surface area contributed by atoms with E-state index in [2.05, 4.69) is 43.0 Å². The Morgan fingerprint density at radius 1 is 1.38 bits per heavy atom. The molecular formula is C17H29N3O. The maximum absolute atomic E-state index is 6.23. The van der Waals surface area contributed by atoms with E-state index in [4.69, 9.17) is 4.74 Å². The minimum atomic E-state index is 0.280. The van der Waals surface area contributed by atoms with E-state index in [-0.39, 0.29) is 6.10 Å². The lowest BCUT2D eigenvalue weighted by molar-refractivity contribution is 0.0426. The largest absolute Gasteiger partial charge is 0.474 e. The van der Waals surface area contributed by atoms with Crippen molar-refractivity contribution in [2.75, 3.05) is 11.9 Å². The van der Waals surface area contributed by atoms with Gasteiger partial charge in [-0.25, -0.2) is 4.98 Å². The van der Waals surface area contributed by atoms with Crippen molar-refractivity contribution in [2.45, 2.75) is 59.5 Å². The fourth-order valence-electron chi connectivity index (χ4n) is 3.14. The van der Waals surface area contributed by atoms with Crippen LogP contribution in [-0.2, 0) is 0 Å². The lowest BCUT2D eigenvalue weighted by Gasteiger charge is -2.37. The van der Waals surface area contributed by atoms with Gasteiger partial charge in [0.1, 0.15) is 6.10 Å². The Bertz CT molecular complexity index is 436. The molecule has 3 unspecified atom stereocenters. The zero-order chi connectivity index (χ0) is 15.2. The van der Waals surface area contributed by atoms with E-state index in [9.17, 15) is 0 Å². The van der Waals surface area contributed by atoms with Crippen molar-refractivity contribution in [1.82, 2.24) is 9.97 Å². The number of anilines is 1. The van der Waals surface area contributed by atoms with E-state index in [1.165, 1.54) is 12.8 Å². The van der Waals surface area contributed by atoms with Gasteiger partial charge in [-0.1, -0.05) is 34.1 Å². The van der Waals surface area contributed by atoms with Crippen LogP contribution in [0, 0.1) is 17.8 Å². The molecule has 1 saturated carbocycles. The molecule has 4 heteroatoms. The summed E-state index contributed by atoms with van der Waals surface area (Å²) in [4.78, 5) is 8.72. The van der Waals surface area contributed by atoms with Crippen molar-refractivity contribution >= 4 is 5.95 Å².